The van der Waals surface area contributed by atoms with Crippen LogP contribution in [0.5, 0.6) is 0 Å². The summed E-state index contributed by atoms with van der Waals surface area (Å²) in [6, 6.07) is 7.81. The molecule has 0 aliphatic rings. The molecule has 1 aromatic rings. The summed E-state index contributed by atoms with van der Waals surface area (Å²) >= 11 is 0. The van der Waals surface area contributed by atoms with Crippen LogP contribution in [0.15, 0.2) is 30.3 Å². The maximum Gasteiger partial charge on any atom is 0.234 e. The van der Waals surface area contributed by atoms with Crippen molar-refractivity contribution in [2.75, 3.05) is 6.54 Å². The number of benzene rings is 1. The number of hydrogen-bond acceptors (Lipinski definition) is 4. The van der Waals surface area contributed by atoms with E-state index in [9.17, 15) is 9.59 Å². The van der Waals surface area contributed by atoms with Crippen LogP contribution in [0.2, 0.25) is 0 Å². The topological polar surface area (TPSA) is 98.2 Å². The average Bonchev–Trinajstić information content (AvgIpc) is 2.35. The Balaban J connectivity index is 2.94. The molecule has 0 heterocycles. The molecule has 5 N–H and O–H groups in total. The Bertz CT molecular complexity index is 392. The minimum Gasteiger partial charge on any atom is -0.346 e. The van der Waals surface area contributed by atoms with Gasteiger partial charge in [0, 0.05) is 0 Å². The van der Waals surface area contributed by atoms with Crippen molar-refractivity contribution in [1.82, 2.24) is 5.32 Å². The molecule has 0 aromatic heterocycles. The molecule has 92 valence electrons. The van der Waals surface area contributed by atoms with Crippen LogP contribution >= 0.6 is 0 Å². The van der Waals surface area contributed by atoms with Gasteiger partial charge in [-0.1, -0.05) is 30.3 Å². The largest absolute Gasteiger partial charge is 0.346 e. The summed E-state index contributed by atoms with van der Waals surface area (Å²) in [5, 5.41) is 2.65. The van der Waals surface area contributed by atoms with Crippen molar-refractivity contribution < 1.29 is 9.59 Å². The van der Waals surface area contributed by atoms with Crippen molar-refractivity contribution in [1.29, 1.82) is 0 Å². The molecule has 0 aliphatic carbocycles. The van der Waals surface area contributed by atoms with E-state index in [1.54, 1.807) is 0 Å². The van der Waals surface area contributed by atoms with Gasteiger partial charge in [-0.3, -0.25) is 9.59 Å². The zero-order valence-electron chi connectivity index (χ0n) is 9.72. The lowest BCUT2D eigenvalue weighted by atomic mass is 9.97. The Morgan fingerprint density at radius 2 is 1.88 bits per heavy atom. The third kappa shape index (κ3) is 3.65. The Hall–Kier alpha value is -1.72. The van der Waals surface area contributed by atoms with Gasteiger partial charge in [0.15, 0.2) is 0 Å². The van der Waals surface area contributed by atoms with E-state index in [0.29, 0.717) is 0 Å². The molecule has 5 heteroatoms. The lowest BCUT2D eigenvalue weighted by molar-refractivity contribution is -0.122. The van der Waals surface area contributed by atoms with Crippen molar-refractivity contribution in [3.05, 3.63) is 35.9 Å². The monoisotopic (exact) mass is 235 g/mol. The van der Waals surface area contributed by atoms with Crippen LogP contribution in [0.1, 0.15) is 18.5 Å². The molecule has 1 aromatic carbocycles. The van der Waals surface area contributed by atoms with Gasteiger partial charge in [-0.05, 0) is 12.5 Å². The Morgan fingerprint density at radius 3 is 2.35 bits per heavy atom. The molecule has 0 saturated heterocycles. The molecule has 1 unspecified atom stereocenters. The molecule has 0 aliphatic heterocycles. The maximum absolute atomic E-state index is 11.3. The van der Waals surface area contributed by atoms with Crippen molar-refractivity contribution in [2.45, 2.75) is 19.0 Å². The fourth-order valence-electron chi connectivity index (χ4n) is 1.51. The van der Waals surface area contributed by atoms with Crippen LogP contribution in [-0.4, -0.2) is 24.3 Å². The standard InChI is InChI=1S/C12H17N3O2/c1-8(16)11(14)12(15-10(17)7-13)9-5-3-2-4-6-9/h2-6,11-12H,7,13-14H2,1H3,(H,15,17)/t11?,12-/m0/s1. The molecule has 2 atom stereocenters. The highest BCUT2D eigenvalue weighted by atomic mass is 16.2. The van der Waals surface area contributed by atoms with Crippen molar-refractivity contribution >= 4 is 11.7 Å². The quantitative estimate of drug-likeness (QED) is 0.653. The number of hydrogen-bond donors (Lipinski definition) is 3. The van der Waals surface area contributed by atoms with Crippen molar-refractivity contribution in [2.24, 2.45) is 11.5 Å². The Morgan fingerprint density at radius 1 is 1.29 bits per heavy atom. The predicted octanol–water partition coefficient (Wildman–Crippen LogP) is -0.281. The van der Waals surface area contributed by atoms with Gasteiger partial charge in [0.2, 0.25) is 5.91 Å². The van der Waals surface area contributed by atoms with E-state index in [-0.39, 0.29) is 18.2 Å². The first-order valence-electron chi connectivity index (χ1n) is 5.36. The Labute approximate surface area is 100 Å². The highest BCUT2D eigenvalue weighted by molar-refractivity contribution is 5.84. The van der Waals surface area contributed by atoms with Gasteiger partial charge >= 0.3 is 0 Å². The molecule has 1 amide bonds. The second-order valence-electron chi connectivity index (χ2n) is 3.80. The molecule has 0 radical (unpaired) electrons. The summed E-state index contributed by atoms with van der Waals surface area (Å²) in [5.41, 5.74) is 11.8. The summed E-state index contributed by atoms with van der Waals surface area (Å²) in [5.74, 6) is -0.522. The molecule has 5 nitrogen and oxygen atoms in total. The van der Waals surface area contributed by atoms with Gasteiger partial charge in [-0.15, -0.1) is 0 Å². The van der Waals surface area contributed by atoms with Gasteiger partial charge in [-0.2, -0.15) is 0 Å². The van der Waals surface area contributed by atoms with Gasteiger partial charge in [0.25, 0.3) is 0 Å². The number of nitrogens with two attached hydrogens (primary N) is 2. The smallest absolute Gasteiger partial charge is 0.234 e. The lowest BCUT2D eigenvalue weighted by Crippen LogP contribution is -2.46. The van der Waals surface area contributed by atoms with E-state index in [0.717, 1.165) is 5.56 Å². The Kier molecular flexibility index (Phi) is 4.81. The van der Waals surface area contributed by atoms with Crippen LogP contribution in [0.4, 0.5) is 0 Å². The lowest BCUT2D eigenvalue weighted by Gasteiger charge is -2.23. The number of carbonyl (C=O) groups is 2. The first-order valence-corrected chi connectivity index (χ1v) is 5.36. The van der Waals surface area contributed by atoms with E-state index < -0.39 is 12.1 Å². The van der Waals surface area contributed by atoms with Gasteiger partial charge in [0.05, 0.1) is 18.6 Å². The first kappa shape index (κ1) is 13.3. The van der Waals surface area contributed by atoms with Gasteiger partial charge < -0.3 is 16.8 Å². The summed E-state index contributed by atoms with van der Waals surface area (Å²) in [4.78, 5) is 22.6. The molecule has 0 fully saturated rings. The highest BCUT2D eigenvalue weighted by Gasteiger charge is 2.24. The normalized spacial score (nSPS) is 13.8. The number of nitrogens with one attached hydrogen (secondary N) is 1. The van der Waals surface area contributed by atoms with E-state index in [1.807, 2.05) is 30.3 Å². The molecule has 0 spiro atoms. The van der Waals surface area contributed by atoms with E-state index in [4.69, 9.17) is 11.5 Å². The number of carbonyl (C=O) groups excluding carboxylic acids is 2. The third-order valence-electron chi connectivity index (χ3n) is 2.49. The summed E-state index contributed by atoms with van der Waals surface area (Å²) in [6.07, 6.45) is 0. The van der Waals surface area contributed by atoms with E-state index >= 15 is 0 Å². The predicted molar refractivity (Wildman–Crippen MR) is 65.0 cm³/mol. The van der Waals surface area contributed by atoms with Crippen LogP contribution in [0.3, 0.4) is 0 Å². The van der Waals surface area contributed by atoms with Crippen molar-refractivity contribution in [3.63, 3.8) is 0 Å². The molecular weight excluding hydrogens is 218 g/mol. The van der Waals surface area contributed by atoms with Crippen LogP contribution in [0, 0.1) is 0 Å². The fourth-order valence-corrected chi connectivity index (χ4v) is 1.51. The molecular formula is C12H17N3O2. The molecule has 1 rings (SSSR count). The van der Waals surface area contributed by atoms with E-state index in [2.05, 4.69) is 5.32 Å². The van der Waals surface area contributed by atoms with Crippen LogP contribution < -0.4 is 16.8 Å². The first-order chi connectivity index (χ1) is 8.06. The fraction of sp³-hybridized carbons (Fsp3) is 0.333. The minimum absolute atomic E-state index is 0.131. The average molecular weight is 235 g/mol. The number of rotatable bonds is 5. The maximum atomic E-state index is 11.3. The van der Waals surface area contributed by atoms with Crippen LogP contribution in [0.25, 0.3) is 0 Å². The second kappa shape index (κ2) is 6.12. The number of amides is 1. The molecule has 0 saturated carbocycles. The minimum atomic E-state index is -0.770. The summed E-state index contributed by atoms with van der Waals surface area (Å²) < 4.78 is 0. The second-order valence-corrected chi connectivity index (χ2v) is 3.80. The zero-order chi connectivity index (χ0) is 12.8. The number of Topliss-reactive ketones (excluding diaryl/α,β-unsaturated/α-hetero) is 1. The molecule has 17 heavy (non-hydrogen) atoms. The van der Waals surface area contributed by atoms with Gasteiger partial charge in [-0.25, -0.2) is 0 Å². The third-order valence-corrected chi connectivity index (χ3v) is 2.49. The zero-order valence-corrected chi connectivity index (χ0v) is 9.72. The molecule has 0 bridgehead atoms. The highest BCUT2D eigenvalue weighted by Crippen LogP contribution is 2.16. The number of ketones is 1. The summed E-state index contributed by atoms with van der Waals surface area (Å²) in [7, 11) is 0. The SMILES string of the molecule is CC(=O)C(N)[C@@H](NC(=O)CN)c1ccccc1. The summed E-state index contributed by atoms with van der Waals surface area (Å²) in [6.45, 7) is 1.27. The van der Waals surface area contributed by atoms with Crippen molar-refractivity contribution in [3.8, 4) is 0 Å². The van der Waals surface area contributed by atoms with Gasteiger partial charge in [0.1, 0.15) is 5.78 Å². The van der Waals surface area contributed by atoms with E-state index in [1.165, 1.54) is 6.92 Å². The van der Waals surface area contributed by atoms with Crippen LogP contribution in [-0.2, 0) is 9.59 Å².